The van der Waals surface area contributed by atoms with Crippen LogP contribution in [0.15, 0.2) is 55.1 Å². The lowest BCUT2D eigenvalue weighted by atomic mass is 9.91. The SMILES string of the molecule is C=C(NC(c1ccccc1)C1CCCCN1)c1cccc(C)c1C. The quantitative estimate of drug-likeness (QED) is 0.831. The van der Waals surface area contributed by atoms with Gasteiger partial charge in [-0.2, -0.15) is 0 Å². The van der Waals surface area contributed by atoms with Crippen LogP contribution in [0.1, 0.15) is 47.6 Å². The summed E-state index contributed by atoms with van der Waals surface area (Å²) in [4.78, 5) is 0. The summed E-state index contributed by atoms with van der Waals surface area (Å²) < 4.78 is 0. The van der Waals surface area contributed by atoms with Gasteiger partial charge in [-0.15, -0.1) is 0 Å². The van der Waals surface area contributed by atoms with Crippen molar-refractivity contribution in [2.24, 2.45) is 0 Å². The molecule has 2 aromatic carbocycles. The van der Waals surface area contributed by atoms with Crippen molar-refractivity contribution in [1.82, 2.24) is 10.6 Å². The molecule has 0 bridgehead atoms. The average molecular weight is 320 g/mol. The van der Waals surface area contributed by atoms with Gasteiger partial charge in [0.1, 0.15) is 0 Å². The summed E-state index contributed by atoms with van der Waals surface area (Å²) in [5, 5.41) is 7.43. The summed E-state index contributed by atoms with van der Waals surface area (Å²) in [5.74, 6) is 0. The molecule has 0 saturated carbocycles. The van der Waals surface area contributed by atoms with Gasteiger partial charge < -0.3 is 10.6 Å². The number of hydrogen-bond acceptors (Lipinski definition) is 2. The first-order valence-corrected chi connectivity index (χ1v) is 8.97. The van der Waals surface area contributed by atoms with Crippen molar-refractivity contribution in [3.63, 3.8) is 0 Å². The molecule has 1 saturated heterocycles. The van der Waals surface area contributed by atoms with Crippen LogP contribution in [-0.4, -0.2) is 12.6 Å². The van der Waals surface area contributed by atoms with Crippen molar-refractivity contribution in [2.75, 3.05) is 6.54 Å². The number of piperidine rings is 1. The third-order valence-electron chi connectivity index (χ3n) is 5.17. The lowest BCUT2D eigenvalue weighted by Gasteiger charge is -2.34. The summed E-state index contributed by atoms with van der Waals surface area (Å²) in [6.45, 7) is 9.78. The molecule has 126 valence electrons. The normalized spacial score (nSPS) is 18.8. The van der Waals surface area contributed by atoms with Gasteiger partial charge in [0.25, 0.3) is 0 Å². The highest BCUT2D eigenvalue weighted by atomic mass is 15.0. The van der Waals surface area contributed by atoms with Gasteiger partial charge in [-0.05, 0) is 49.9 Å². The summed E-state index contributed by atoms with van der Waals surface area (Å²) in [6, 6.07) is 17.9. The zero-order valence-corrected chi connectivity index (χ0v) is 14.8. The Kier molecular flexibility index (Phi) is 5.37. The second-order valence-corrected chi connectivity index (χ2v) is 6.82. The van der Waals surface area contributed by atoms with Gasteiger partial charge in [0.05, 0.1) is 6.04 Å². The monoisotopic (exact) mass is 320 g/mol. The van der Waals surface area contributed by atoms with Crippen LogP contribution < -0.4 is 10.6 Å². The van der Waals surface area contributed by atoms with Crippen LogP contribution in [0.25, 0.3) is 5.70 Å². The Balaban J connectivity index is 1.86. The number of rotatable bonds is 5. The van der Waals surface area contributed by atoms with Crippen molar-refractivity contribution in [2.45, 2.75) is 45.2 Å². The number of nitrogens with one attached hydrogen (secondary N) is 2. The Labute approximate surface area is 146 Å². The highest BCUT2D eigenvalue weighted by molar-refractivity contribution is 5.66. The Morgan fingerprint density at radius 2 is 1.88 bits per heavy atom. The minimum Gasteiger partial charge on any atom is -0.377 e. The van der Waals surface area contributed by atoms with E-state index in [4.69, 9.17) is 0 Å². The van der Waals surface area contributed by atoms with Gasteiger partial charge in [-0.3, -0.25) is 0 Å². The molecule has 3 rings (SSSR count). The molecule has 2 nitrogen and oxygen atoms in total. The van der Waals surface area contributed by atoms with Crippen LogP contribution in [0, 0.1) is 13.8 Å². The molecule has 1 fully saturated rings. The molecule has 0 radical (unpaired) electrons. The molecule has 2 atom stereocenters. The lowest BCUT2D eigenvalue weighted by molar-refractivity contribution is 0.335. The van der Waals surface area contributed by atoms with E-state index in [2.05, 4.69) is 79.6 Å². The molecule has 2 unspecified atom stereocenters. The van der Waals surface area contributed by atoms with E-state index >= 15 is 0 Å². The van der Waals surface area contributed by atoms with Crippen molar-refractivity contribution < 1.29 is 0 Å². The summed E-state index contributed by atoms with van der Waals surface area (Å²) in [6.07, 6.45) is 3.77. The Morgan fingerprint density at radius 3 is 2.58 bits per heavy atom. The highest BCUT2D eigenvalue weighted by Gasteiger charge is 2.25. The first kappa shape index (κ1) is 16.8. The zero-order chi connectivity index (χ0) is 16.9. The van der Waals surface area contributed by atoms with Crippen LogP contribution in [-0.2, 0) is 0 Å². The van der Waals surface area contributed by atoms with E-state index in [1.807, 2.05) is 0 Å². The second kappa shape index (κ2) is 7.67. The summed E-state index contributed by atoms with van der Waals surface area (Å²) >= 11 is 0. The average Bonchev–Trinajstić information content (AvgIpc) is 2.63. The number of hydrogen-bond donors (Lipinski definition) is 2. The minimum atomic E-state index is 0.249. The van der Waals surface area contributed by atoms with Crippen LogP contribution in [0.4, 0.5) is 0 Å². The van der Waals surface area contributed by atoms with Gasteiger partial charge in [0.15, 0.2) is 0 Å². The first-order chi connectivity index (χ1) is 11.7. The maximum atomic E-state index is 4.35. The van der Waals surface area contributed by atoms with E-state index in [0.717, 1.165) is 12.2 Å². The second-order valence-electron chi connectivity index (χ2n) is 6.82. The van der Waals surface area contributed by atoms with Crippen molar-refractivity contribution in [3.05, 3.63) is 77.4 Å². The summed E-state index contributed by atoms with van der Waals surface area (Å²) in [5.41, 5.74) is 6.16. The highest BCUT2D eigenvalue weighted by Crippen LogP contribution is 2.27. The van der Waals surface area contributed by atoms with Crippen molar-refractivity contribution in [1.29, 1.82) is 0 Å². The van der Waals surface area contributed by atoms with Crippen molar-refractivity contribution in [3.8, 4) is 0 Å². The first-order valence-electron chi connectivity index (χ1n) is 8.97. The zero-order valence-electron chi connectivity index (χ0n) is 14.8. The Bertz CT molecular complexity index is 684. The number of aryl methyl sites for hydroxylation is 1. The molecule has 1 heterocycles. The Hall–Kier alpha value is -2.06. The van der Waals surface area contributed by atoms with Gasteiger partial charge in [-0.25, -0.2) is 0 Å². The van der Waals surface area contributed by atoms with Gasteiger partial charge in [-0.1, -0.05) is 61.5 Å². The molecule has 0 aromatic heterocycles. The Morgan fingerprint density at radius 1 is 1.08 bits per heavy atom. The molecular formula is C22H28N2. The standard InChI is InChI=1S/C22H28N2/c1-16-10-9-13-20(17(16)2)18(3)24-22(19-11-5-4-6-12-19)21-14-7-8-15-23-21/h4-6,9-13,21-24H,3,7-8,14-15H2,1-2H3. The largest absolute Gasteiger partial charge is 0.377 e. The van der Waals surface area contributed by atoms with Crippen molar-refractivity contribution >= 4 is 5.70 Å². The third-order valence-corrected chi connectivity index (χ3v) is 5.17. The van der Waals surface area contributed by atoms with E-state index in [0.29, 0.717) is 6.04 Å². The topological polar surface area (TPSA) is 24.1 Å². The van der Waals surface area contributed by atoms with E-state index in [1.165, 1.54) is 41.5 Å². The predicted molar refractivity (Wildman–Crippen MR) is 103 cm³/mol. The molecule has 2 aromatic rings. The molecule has 2 heteroatoms. The molecule has 0 amide bonds. The lowest BCUT2D eigenvalue weighted by Crippen LogP contribution is -2.44. The fraction of sp³-hybridized carbons (Fsp3) is 0.364. The van der Waals surface area contributed by atoms with E-state index in [9.17, 15) is 0 Å². The van der Waals surface area contributed by atoms with Gasteiger partial charge >= 0.3 is 0 Å². The van der Waals surface area contributed by atoms with Crippen LogP contribution in [0.5, 0.6) is 0 Å². The van der Waals surface area contributed by atoms with Crippen LogP contribution >= 0.6 is 0 Å². The molecule has 1 aliphatic rings. The molecule has 0 aliphatic carbocycles. The van der Waals surface area contributed by atoms with E-state index < -0.39 is 0 Å². The van der Waals surface area contributed by atoms with Crippen LogP contribution in [0.3, 0.4) is 0 Å². The molecule has 0 spiro atoms. The van der Waals surface area contributed by atoms with Gasteiger partial charge in [0, 0.05) is 17.3 Å². The smallest absolute Gasteiger partial charge is 0.0667 e. The maximum Gasteiger partial charge on any atom is 0.0667 e. The van der Waals surface area contributed by atoms with E-state index in [1.54, 1.807) is 0 Å². The molecule has 24 heavy (non-hydrogen) atoms. The fourth-order valence-electron chi connectivity index (χ4n) is 3.58. The van der Waals surface area contributed by atoms with Crippen LogP contribution in [0.2, 0.25) is 0 Å². The molecule has 2 N–H and O–H groups in total. The molecular weight excluding hydrogens is 292 g/mol. The third kappa shape index (κ3) is 3.70. The minimum absolute atomic E-state index is 0.249. The fourth-order valence-corrected chi connectivity index (χ4v) is 3.58. The number of benzene rings is 2. The summed E-state index contributed by atoms with van der Waals surface area (Å²) in [7, 11) is 0. The predicted octanol–water partition coefficient (Wildman–Crippen LogP) is 4.75. The maximum absolute atomic E-state index is 4.35. The van der Waals surface area contributed by atoms with E-state index in [-0.39, 0.29) is 6.04 Å². The molecule has 1 aliphatic heterocycles. The van der Waals surface area contributed by atoms with Gasteiger partial charge in [0.2, 0.25) is 0 Å².